The quantitative estimate of drug-likeness (QED) is 0.364. The van der Waals surface area contributed by atoms with Gasteiger partial charge in [0.15, 0.2) is 11.5 Å². The largest absolute Gasteiger partial charge is 1.00 e. The molecule has 0 aromatic rings. The maximum Gasteiger partial charge on any atom is 1.00 e. The van der Waals surface area contributed by atoms with Crippen molar-refractivity contribution in [3.8, 4) is 11.5 Å². The number of anilines is 1. The zero-order valence-corrected chi connectivity index (χ0v) is 18.0. The third-order valence-electron chi connectivity index (χ3n) is 2.72. The molecule has 0 spiro atoms. The summed E-state index contributed by atoms with van der Waals surface area (Å²) in [5, 5.41) is 9.08. The van der Waals surface area contributed by atoms with Gasteiger partial charge in [0.25, 0.3) is 0 Å². The number of carbonyl (C=O) groups is 1. The Hall–Kier alpha value is 0.0900. The number of fused-ring (bicyclic) bond motifs is 1. The summed E-state index contributed by atoms with van der Waals surface area (Å²) in [6, 6.07) is 0. The Balaban J connectivity index is 0.00000264. The zero-order chi connectivity index (χ0) is 16.3. The van der Waals surface area contributed by atoms with Crippen molar-refractivity contribution in [2.45, 2.75) is 12.5 Å². The Morgan fingerprint density at radius 1 is 1.38 bits per heavy atom. The molecule has 0 amide bonds. The molecular weight excluding hydrogens is 363 g/mol. The zero-order valence-electron chi connectivity index (χ0n) is 13.2. The van der Waals surface area contributed by atoms with Gasteiger partial charge in [-0.3, -0.25) is 9.36 Å². The molecule has 0 aliphatic carbocycles. The minimum absolute atomic E-state index is 0. The minimum atomic E-state index is -4.89. The van der Waals surface area contributed by atoms with E-state index < -0.39 is 39.0 Å². The topological polar surface area (TPSA) is 179 Å². The van der Waals surface area contributed by atoms with E-state index >= 15 is 0 Å². The number of imidazole rings is 1. The molecule has 0 aromatic heterocycles. The fourth-order valence-corrected chi connectivity index (χ4v) is 2.08. The first-order valence-electron chi connectivity index (χ1n) is 6.02. The second-order valence-corrected chi connectivity index (χ2v) is 5.83. The Kier molecular flexibility index (Phi) is 10.3. The molecular formula is C10H12N5Na2O6P. The average molecular weight is 375 g/mol. The van der Waals surface area contributed by atoms with Crippen LogP contribution in [0.1, 0.15) is 11.2 Å². The normalized spacial score (nSPS) is 12.3. The van der Waals surface area contributed by atoms with Crippen LogP contribution in [0.2, 0.25) is 0 Å². The van der Waals surface area contributed by atoms with Crippen LogP contribution in [0.3, 0.4) is 0 Å². The third-order valence-corrected chi connectivity index (χ3v) is 3.18. The molecule has 0 saturated carbocycles. The molecule has 24 heavy (non-hydrogen) atoms. The second kappa shape index (κ2) is 10.3. The number of rotatable bonds is 6. The Bertz CT molecular complexity index is 694. The van der Waals surface area contributed by atoms with Crippen molar-refractivity contribution in [3.63, 3.8) is 0 Å². The van der Waals surface area contributed by atoms with Crippen molar-refractivity contribution >= 4 is 19.3 Å². The third kappa shape index (κ3) is 6.43. The van der Waals surface area contributed by atoms with Gasteiger partial charge in [0.2, 0.25) is 5.91 Å². The van der Waals surface area contributed by atoms with E-state index in [-0.39, 0.29) is 76.5 Å². The fourth-order valence-electron chi connectivity index (χ4n) is 1.69. The molecule has 2 heterocycles. The first kappa shape index (κ1) is 24.1. The predicted octanol–water partition coefficient (Wildman–Crippen LogP) is -8.35. The van der Waals surface area contributed by atoms with Crippen LogP contribution < -0.4 is 74.6 Å². The first-order chi connectivity index (χ1) is 10.3. The molecule has 0 saturated heterocycles. The van der Waals surface area contributed by atoms with Crippen molar-refractivity contribution in [1.82, 2.24) is 19.5 Å². The fraction of sp³-hybridized carbons (Fsp3) is 0.400. The first-order valence-corrected chi connectivity index (χ1v) is 7.75. The van der Waals surface area contributed by atoms with E-state index in [9.17, 15) is 19.1 Å². The number of hydrogen-bond acceptors (Lipinski definition) is 10. The van der Waals surface area contributed by atoms with E-state index in [1.165, 1.54) is 6.33 Å². The SMILES string of the molecule is Nc1c2ncnc-2ncn1C(=O)C[C@H](CO)OCP(=O)([O-])[O-].[Na+].[Na+]. The molecule has 2 aliphatic rings. The van der Waals surface area contributed by atoms with Crippen LogP contribution in [0.4, 0.5) is 5.82 Å². The molecule has 1 atom stereocenters. The maximum atomic E-state index is 12.1. The number of ether oxygens (including phenoxy) is 1. The van der Waals surface area contributed by atoms with Gasteiger partial charge in [-0.1, -0.05) is 0 Å². The van der Waals surface area contributed by atoms with Crippen LogP contribution in [0.25, 0.3) is 11.5 Å². The number of nitrogens with two attached hydrogens (primary N) is 1. The van der Waals surface area contributed by atoms with E-state index in [1.54, 1.807) is 0 Å². The van der Waals surface area contributed by atoms with Crippen molar-refractivity contribution in [2.75, 3.05) is 18.7 Å². The van der Waals surface area contributed by atoms with Gasteiger partial charge in [-0.05, 0) is 7.60 Å². The monoisotopic (exact) mass is 375 g/mol. The Labute approximate surface area is 181 Å². The smallest absolute Gasteiger partial charge is 0.809 e. The molecule has 2 rings (SSSR count). The van der Waals surface area contributed by atoms with Crippen LogP contribution in [0, 0.1) is 0 Å². The van der Waals surface area contributed by atoms with Gasteiger partial charge in [-0.15, -0.1) is 0 Å². The molecule has 0 bridgehead atoms. The standard InChI is InChI=1S/C10H14N5O6P.2Na/c11-9-8-10(13-3-12-8)14-4-15(9)7(17)1-6(2-16)21-5-22(18,19)20;;/h3-4,6,16H,1-2,5,11H2,(H2,18,19,20);;/q;2*+1/p-2/t6-;;/m1../s1. The van der Waals surface area contributed by atoms with Crippen LogP contribution in [0.15, 0.2) is 12.7 Å². The van der Waals surface area contributed by atoms with Crippen LogP contribution in [0.5, 0.6) is 0 Å². The molecule has 0 fully saturated rings. The molecule has 0 unspecified atom stereocenters. The number of aromatic nitrogens is 4. The van der Waals surface area contributed by atoms with Crippen molar-refractivity contribution in [2.24, 2.45) is 0 Å². The summed E-state index contributed by atoms with van der Waals surface area (Å²) in [4.78, 5) is 44.7. The molecule has 2 aliphatic heterocycles. The number of hydrogen-bond donors (Lipinski definition) is 2. The predicted molar refractivity (Wildman–Crippen MR) is 68.5 cm³/mol. The van der Waals surface area contributed by atoms with Crippen molar-refractivity contribution in [3.05, 3.63) is 12.7 Å². The van der Waals surface area contributed by atoms with E-state index in [2.05, 4.69) is 15.0 Å². The summed E-state index contributed by atoms with van der Waals surface area (Å²) in [5.74, 6) is -0.335. The van der Waals surface area contributed by atoms with Gasteiger partial charge >= 0.3 is 59.1 Å². The van der Waals surface area contributed by atoms with Gasteiger partial charge in [-0.25, -0.2) is 15.0 Å². The maximum absolute atomic E-state index is 12.1. The van der Waals surface area contributed by atoms with E-state index in [1.807, 2.05) is 0 Å². The second-order valence-electron chi connectivity index (χ2n) is 4.35. The van der Waals surface area contributed by atoms with Gasteiger partial charge in [0, 0.05) is 0 Å². The van der Waals surface area contributed by atoms with Crippen LogP contribution in [-0.2, 0) is 9.30 Å². The van der Waals surface area contributed by atoms with Crippen LogP contribution in [-0.4, -0.2) is 49.6 Å². The van der Waals surface area contributed by atoms with Gasteiger partial charge < -0.3 is 29.9 Å². The Morgan fingerprint density at radius 2 is 2.04 bits per heavy atom. The van der Waals surface area contributed by atoms with E-state index in [0.717, 1.165) is 10.9 Å². The summed E-state index contributed by atoms with van der Waals surface area (Å²) in [5.41, 5.74) is 6.01. The molecule has 14 heteroatoms. The van der Waals surface area contributed by atoms with Gasteiger partial charge in [0.05, 0.1) is 25.5 Å². The summed E-state index contributed by atoms with van der Waals surface area (Å²) in [6.07, 6.45) is -0.293. The number of carbonyl (C=O) groups excluding carboxylic acids is 1. The Morgan fingerprint density at radius 3 is 2.62 bits per heavy atom. The van der Waals surface area contributed by atoms with Crippen molar-refractivity contribution in [1.29, 1.82) is 0 Å². The number of nitrogens with zero attached hydrogens (tertiary/aromatic N) is 4. The average Bonchev–Trinajstić information content (AvgIpc) is 2.92. The summed E-state index contributed by atoms with van der Waals surface area (Å²) >= 11 is 0. The molecule has 11 nitrogen and oxygen atoms in total. The number of nitrogen functional groups attached to an aromatic ring is 1. The molecule has 0 aromatic carbocycles. The molecule has 120 valence electrons. The summed E-state index contributed by atoms with van der Waals surface area (Å²) < 4.78 is 16.2. The van der Waals surface area contributed by atoms with E-state index in [4.69, 9.17) is 15.6 Å². The molecule has 3 N–H and O–H groups in total. The number of aliphatic hydroxyl groups excluding tert-OH is 1. The van der Waals surface area contributed by atoms with E-state index in [0.29, 0.717) is 0 Å². The number of aliphatic hydroxyl groups is 1. The van der Waals surface area contributed by atoms with Gasteiger partial charge in [-0.2, -0.15) is 0 Å². The van der Waals surface area contributed by atoms with Gasteiger partial charge in [0.1, 0.15) is 18.5 Å². The van der Waals surface area contributed by atoms with Crippen LogP contribution >= 0.6 is 7.60 Å². The minimum Gasteiger partial charge on any atom is -0.809 e. The van der Waals surface area contributed by atoms with Crippen molar-refractivity contribution < 1.29 is 88.1 Å². The summed E-state index contributed by atoms with van der Waals surface area (Å²) in [6.45, 7) is -0.641. The molecule has 0 radical (unpaired) electrons. The summed E-state index contributed by atoms with van der Waals surface area (Å²) in [7, 11) is -4.89.